The molecule has 0 saturated carbocycles. The fourth-order valence-electron chi connectivity index (χ4n) is 2.21. The fraction of sp³-hybridized carbons (Fsp3) is 0.125. The lowest BCUT2D eigenvalue weighted by Crippen LogP contribution is -2.25. The number of fused-ring (bicyclic) bond motifs is 1. The van der Waals surface area contributed by atoms with E-state index in [-0.39, 0.29) is 11.7 Å². The highest BCUT2D eigenvalue weighted by atomic mass is 32.1. The summed E-state index contributed by atoms with van der Waals surface area (Å²) in [7, 11) is 0. The minimum Gasteiger partial charge on any atom is -0.352 e. The van der Waals surface area contributed by atoms with Crippen molar-refractivity contribution in [1.82, 2.24) is 10.3 Å². The van der Waals surface area contributed by atoms with Gasteiger partial charge in [-0.15, -0.1) is 11.3 Å². The van der Waals surface area contributed by atoms with Crippen molar-refractivity contribution in [2.45, 2.75) is 6.42 Å². The highest BCUT2D eigenvalue weighted by molar-refractivity contribution is 7.09. The molecule has 106 valence electrons. The first-order chi connectivity index (χ1) is 10.3. The number of nitrogens with zero attached hydrogens (tertiary/aromatic N) is 1. The lowest BCUT2D eigenvalue weighted by Gasteiger charge is -2.08. The van der Waals surface area contributed by atoms with Crippen LogP contribution in [-0.2, 0) is 6.42 Å². The van der Waals surface area contributed by atoms with E-state index in [9.17, 15) is 9.18 Å². The molecule has 0 radical (unpaired) electrons. The third kappa shape index (κ3) is 2.92. The van der Waals surface area contributed by atoms with Crippen LogP contribution in [0.5, 0.6) is 0 Å². The molecule has 0 unspecified atom stereocenters. The van der Waals surface area contributed by atoms with Gasteiger partial charge in [-0.1, -0.05) is 24.3 Å². The van der Waals surface area contributed by atoms with Crippen molar-refractivity contribution in [2.75, 3.05) is 6.54 Å². The van der Waals surface area contributed by atoms with Gasteiger partial charge in [-0.3, -0.25) is 4.79 Å². The second-order valence-corrected chi connectivity index (χ2v) is 5.55. The van der Waals surface area contributed by atoms with E-state index in [4.69, 9.17) is 0 Å². The van der Waals surface area contributed by atoms with Gasteiger partial charge >= 0.3 is 0 Å². The van der Waals surface area contributed by atoms with Crippen molar-refractivity contribution in [2.24, 2.45) is 0 Å². The summed E-state index contributed by atoms with van der Waals surface area (Å²) in [5.74, 6) is -0.507. The zero-order valence-electron chi connectivity index (χ0n) is 11.2. The van der Waals surface area contributed by atoms with E-state index >= 15 is 0 Å². The number of carbonyl (C=O) groups excluding carboxylic acids is 1. The van der Waals surface area contributed by atoms with Crippen molar-refractivity contribution >= 4 is 28.0 Å². The smallest absolute Gasteiger partial charge is 0.251 e. The summed E-state index contributed by atoms with van der Waals surface area (Å²) in [6, 6.07) is 9.85. The zero-order valence-corrected chi connectivity index (χ0v) is 12.0. The van der Waals surface area contributed by atoms with Crippen LogP contribution in [-0.4, -0.2) is 17.4 Å². The molecule has 1 heterocycles. The Bertz CT molecular complexity index is 771. The molecule has 2 aromatic carbocycles. The maximum Gasteiger partial charge on any atom is 0.251 e. The number of hydrogen-bond acceptors (Lipinski definition) is 3. The van der Waals surface area contributed by atoms with Crippen LogP contribution in [0.3, 0.4) is 0 Å². The summed E-state index contributed by atoms with van der Waals surface area (Å²) in [4.78, 5) is 16.4. The summed E-state index contributed by atoms with van der Waals surface area (Å²) in [5.41, 5.74) is 0.492. The Labute approximate surface area is 125 Å². The summed E-state index contributed by atoms with van der Waals surface area (Å²) < 4.78 is 13.7. The molecule has 1 aromatic heterocycles. The molecule has 5 heteroatoms. The predicted octanol–water partition coefficient (Wildman–Crippen LogP) is 3.41. The molecule has 21 heavy (non-hydrogen) atoms. The molecule has 0 atom stereocenters. The number of carbonyl (C=O) groups is 1. The van der Waals surface area contributed by atoms with Crippen molar-refractivity contribution in [1.29, 1.82) is 0 Å². The second-order valence-electron chi connectivity index (χ2n) is 4.57. The van der Waals surface area contributed by atoms with Gasteiger partial charge in [0.25, 0.3) is 5.91 Å². The standard InChI is InChI=1S/C16H13FN2OS/c17-14-6-5-13(11-3-1-2-4-12(11)14)16(20)19-8-7-15-18-9-10-21-15/h1-6,9-10H,7-8H2,(H,19,20). The predicted molar refractivity (Wildman–Crippen MR) is 82.1 cm³/mol. The zero-order chi connectivity index (χ0) is 14.7. The monoisotopic (exact) mass is 300 g/mol. The molecule has 1 amide bonds. The summed E-state index contributed by atoms with van der Waals surface area (Å²) >= 11 is 1.56. The summed E-state index contributed by atoms with van der Waals surface area (Å²) in [6.45, 7) is 0.512. The third-order valence-corrected chi connectivity index (χ3v) is 4.06. The van der Waals surface area contributed by atoms with Gasteiger partial charge in [-0.2, -0.15) is 0 Å². The minimum absolute atomic E-state index is 0.192. The Balaban J connectivity index is 1.77. The summed E-state index contributed by atoms with van der Waals surface area (Å²) in [5, 5.41) is 6.84. The third-order valence-electron chi connectivity index (χ3n) is 3.22. The SMILES string of the molecule is O=C(NCCc1nccs1)c1ccc(F)c2ccccc12. The first kappa shape index (κ1) is 13.7. The number of nitrogens with one attached hydrogen (secondary N) is 1. The Hall–Kier alpha value is -2.27. The molecule has 0 aliphatic rings. The van der Waals surface area contributed by atoms with Gasteiger partial charge < -0.3 is 5.32 Å². The Kier molecular flexibility index (Phi) is 3.92. The average Bonchev–Trinajstić information content (AvgIpc) is 3.01. The molecule has 0 fully saturated rings. The maximum atomic E-state index is 13.7. The van der Waals surface area contributed by atoms with Crippen molar-refractivity contribution in [3.05, 3.63) is 64.4 Å². The van der Waals surface area contributed by atoms with Crippen LogP contribution in [0.4, 0.5) is 4.39 Å². The molecular weight excluding hydrogens is 287 g/mol. The van der Waals surface area contributed by atoms with Gasteiger partial charge in [0.2, 0.25) is 0 Å². The van der Waals surface area contributed by atoms with Crippen LogP contribution in [0.2, 0.25) is 0 Å². The molecule has 0 spiro atoms. The van der Waals surface area contributed by atoms with Crippen molar-refractivity contribution in [3.63, 3.8) is 0 Å². The van der Waals surface area contributed by atoms with E-state index < -0.39 is 0 Å². The molecular formula is C16H13FN2OS. The number of hydrogen-bond donors (Lipinski definition) is 1. The van der Waals surface area contributed by atoms with Crippen LogP contribution in [0.15, 0.2) is 48.0 Å². The van der Waals surface area contributed by atoms with E-state index in [1.165, 1.54) is 12.1 Å². The molecule has 0 aliphatic heterocycles. The number of thiazole rings is 1. The van der Waals surface area contributed by atoms with Gasteiger partial charge in [-0.25, -0.2) is 9.37 Å². The maximum absolute atomic E-state index is 13.7. The molecule has 3 rings (SSSR count). The van der Waals surface area contributed by atoms with Gasteiger partial charge in [0.15, 0.2) is 0 Å². The summed E-state index contributed by atoms with van der Waals surface area (Å²) in [6.07, 6.45) is 2.44. The number of rotatable bonds is 4. The fourth-order valence-corrected chi connectivity index (χ4v) is 2.84. The highest BCUT2D eigenvalue weighted by Crippen LogP contribution is 2.21. The van der Waals surface area contributed by atoms with Gasteiger partial charge in [0.05, 0.1) is 5.01 Å². The molecule has 1 N–H and O–H groups in total. The van der Waals surface area contributed by atoms with Crippen LogP contribution in [0, 0.1) is 5.82 Å². The van der Waals surface area contributed by atoms with Crippen molar-refractivity contribution < 1.29 is 9.18 Å². The number of aromatic nitrogens is 1. The number of benzene rings is 2. The van der Waals surface area contributed by atoms with Crippen molar-refractivity contribution in [3.8, 4) is 0 Å². The van der Waals surface area contributed by atoms with E-state index in [1.54, 1.807) is 41.8 Å². The molecule has 3 aromatic rings. The topological polar surface area (TPSA) is 42.0 Å². The van der Waals surface area contributed by atoms with Crippen LogP contribution in [0.25, 0.3) is 10.8 Å². The largest absolute Gasteiger partial charge is 0.352 e. The van der Waals surface area contributed by atoms with Crippen LogP contribution in [0.1, 0.15) is 15.4 Å². The lowest BCUT2D eigenvalue weighted by atomic mass is 10.0. The molecule has 3 nitrogen and oxygen atoms in total. The Morgan fingerprint density at radius 2 is 2.00 bits per heavy atom. The van der Waals surface area contributed by atoms with Gasteiger partial charge in [0, 0.05) is 35.5 Å². The average molecular weight is 300 g/mol. The highest BCUT2D eigenvalue weighted by Gasteiger charge is 2.11. The van der Waals surface area contributed by atoms with E-state index in [2.05, 4.69) is 10.3 Å². The van der Waals surface area contributed by atoms with Crippen LogP contribution < -0.4 is 5.32 Å². The first-order valence-corrected chi connectivity index (χ1v) is 7.47. The quantitative estimate of drug-likeness (QED) is 0.802. The second kappa shape index (κ2) is 6.01. The van der Waals surface area contributed by atoms with E-state index in [0.717, 1.165) is 5.01 Å². The lowest BCUT2D eigenvalue weighted by molar-refractivity contribution is 0.0956. The van der Waals surface area contributed by atoms with Crippen LogP contribution >= 0.6 is 11.3 Å². The Morgan fingerprint density at radius 1 is 1.19 bits per heavy atom. The van der Waals surface area contributed by atoms with E-state index in [0.29, 0.717) is 29.3 Å². The minimum atomic E-state index is -0.315. The first-order valence-electron chi connectivity index (χ1n) is 6.59. The molecule has 0 bridgehead atoms. The number of amides is 1. The number of halogens is 1. The normalized spacial score (nSPS) is 10.7. The van der Waals surface area contributed by atoms with Gasteiger partial charge in [-0.05, 0) is 17.5 Å². The molecule has 0 saturated heterocycles. The molecule has 0 aliphatic carbocycles. The van der Waals surface area contributed by atoms with E-state index in [1.807, 2.05) is 5.38 Å². The Morgan fingerprint density at radius 3 is 2.76 bits per heavy atom. The van der Waals surface area contributed by atoms with Gasteiger partial charge in [0.1, 0.15) is 5.82 Å².